The van der Waals surface area contributed by atoms with Crippen LogP contribution in [0.1, 0.15) is 10.4 Å². The molecule has 0 radical (unpaired) electrons. The number of phenols is 1. The van der Waals surface area contributed by atoms with Gasteiger partial charge in [-0.1, -0.05) is 30.3 Å². The molecule has 1 aromatic heterocycles. The van der Waals surface area contributed by atoms with Crippen molar-refractivity contribution in [2.45, 2.75) is 0 Å². The molecule has 1 amide bonds. The summed E-state index contributed by atoms with van der Waals surface area (Å²) in [6, 6.07) is 17.2. The van der Waals surface area contributed by atoms with Crippen molar-refractivity contribution in [2.75, 3.05) is 31.1 Å². The van der Waals surface area contributed by atoms with Crippen molar-refractivity contribution in [3.8, 4) is 5.75 Å². The number of nitrogens with one attached hydrogen (secondary N) is 1. The normalized spacial score (nSPS) is 14.7. The van der Waals surface area contributed by atoms with Crippen LogP contribution in [-0.4, -0.2) is 42.1 Å². The van der Waals surface area contributed by atoms with E-state index in [2.05, 4.69) is 9.88 Å². The van der Waals surface area contributed by atoms with E-state index < -0.39 is 0 Å². The maximum absolute atomic E-state index is 12.8. The number of piperazine rings is 1. The number of aromatic amines is 1. The van der Waals surface area contributed by atoms with E-state index in [-0.39, 0.29) is 11.7 Å². The summed E-state index contributed by atoms with van der Waals surface area (Å²) in [7, 11) is 0. The fraction of sp³-hybridized carbons (Fsp3) is 0.200. The monoisotopic (exact) mass is 334 g/mol. The minimum absolute atomic E-state index is 0.0440. The van der Waals surface area contributed by atoms with Crippen molar-refractivity contribution in [3.05, 3.63) is 66.4 Å². The molecular weight excluding hydrogens is 314 g/mol. The van der Waals surface area contributed by atoms with Crippen LogP contribution in [-0.2, 0) is 0 Å². The number of pyridine rings is 1. The number of amides is 1. The first-order valence-corrected chi connectivity index (χ1v) is 8.45. The summed E-state index contributed by atoms with van der Waals surface area (Å²) >= 11 is 0. The number of H-pyrrole nitrogens is 1. The molecule has 0 unspecified atom stereocenters. The van der Waals surface area contributed by atoms with Gasteiger partial charge in [-0.15, -0.1) is 0 Å². The van der Waals surface area contributed by atoms with Crippen LogP contribution in [0.2, 0.25) is 0 Å². The predicted octanol–water partition coefficient (Wildman–Crippen LogP) is 2.32. The molecular formula is C20H20N3O2+. The highest BCUT2D eigenvalue weighted by Crippen LogP contribution is 2.26. The molecule has 5 heteroatoms. The summed E-state index contributed by atoms with van der Waals surface area (Å²) in [4.78, 5) is 20.1. The van der Waals surface area contributed by atoms with Gasteiger partial charge in [-0.3, -0.25) is 9.69 Å². The molecule has 126 valence electrons. The first kappa shape index (κ1) is 15.4. The van der Waals surface area contributed by atoms with E-state index in [9.17, 15) is 9.90 Å². The van der Waals surface area contributed by atoms with Crippen LogP contribution in [0.15, 0.2) is 60.8 Å². The molecule has 0 bridgehead atoms. The fourth-order valence-corrected chi connectivity index (χ4v) is 3.30. The molecule has 0 aliphatic carbocycles. The average Bonchev–Trinajstić information content (AvgIpc) is 2.68. The number of fused-ring (bicyclic) bond motifs is 1. The number of phenolic OH excluding ortho intramolecular Hbond substituents is 1. The first-order valence-electron chi connectivity index (χ1n) is 8.45. The Labute approximate surface area is 146 Å². The van der Waals surface area contributed by atoms with Gasteiger partial charge in [0.1, 0.15) is 18.8 Å². The predicted molar refractivity (Wildman–Crippen MR) is 96.7 cm³/mol. The Morgan fingerprint density at radius 3 is 2.28 bits per heavy atom. The second kappa shape index (κ2) is 6.43. The Hall–Kier alpha value is -3.08. The fourth-order valence-electron chi connectivity index (χ4n) is 3.30. The lowest BCUT2D eigenvalue weighted by atomic mass is 10.0. The zero-order chi connectivity index (χ0) is 17.2. The molecule has 1 saturated heterocycles. The minimum Gasteiger partial charge on any atom is -0.507 e. The highest BCUT2D eigenvalue weighted by molar-refractivity contribution is 6.01. The lowest BCUT2D eigenvalue weighted by molar-refractivity contribution is -0.364. The molecule has 3 aromatic rings. The Bertz CT molecular complexity index is 903. The quantitative estimate of drug-likeness (QED) is 0.782. The maximum atomic E-state index is 12.8. The van der Waals surface area contributed by atoms with Crippen molar-refractivity contribution in [1.29, 1.82) is 0 Å². The molecule has 0 atom stereocenters. The van der Waals surface area contributed by atoms with E-state index in [0.29, 0.717) is 18.7 Å². The van der Waals surface area contributed by atoms with Gasteiger partial charge >= 0.3 is 0 Å². The molecule has 1 aliphatic rings. The van der Waals surface area contributed by atoms with Crippen LogP contribution in [0.25, 0.3) is 10.8 Å². The number of nitrogens with zero attached hydrogens (tertiary/aromatic N) is 2. The smallest absolute Gasteiger partial charge is 0.274 e. The summed E-state index contributed by atoms with van der Waals surface area (Å²) in [5.74, 6) is 0.991. The lowest BCUT2D eigenvalue weighted by Gasteiger charge is -2.31. The summed E-state index contributed by atoms with van der Waals surface area (Å²) in [5.41, 5.74) is 0.374. The van der Waals surface area contributed by atoms with E-state index in [4.69, 9.17) is 0 Å². The molecule has 0 saturated carbocycles. The summed E-state index contributed by atoms with van der Waals surface area (Å²) in [6.07, 6.45) is 1.90. The topological polar surface area (TPSA) is 57.9 Å². The maximum Gasteiger partial charge on any atom is 0.274 e. The van der Waals surface area contributed by atoms with Gasteiger partial charge in [0.25, 0.3) is 11.7 Å². The van der Waals surface area contributed by atoms with Gasteiger partial charge in [0.05, 0.1) is 24.8 Å². The number of aromatic hydroxyl groups is 1. The Morgan fingerprint density at radius 2 is 1.60 bits per heavy atom. The van der Waals surface area contributed by atoms with Gasteiger partial charge in [-0.2, -0.15) is 0 Å². The number of hydrogen-bond donors (Lipinski definition) is 1. The molecule has 25 heavy (non-hydrogen) atoms. The van der Waals surface area contributed by atoms with Gasteiger partial charge in [0.15, 0.2) is 0 Å². The van der Waals surface area contributed by atoms with Crippen LogP contribution >= 0.6 is 0 Å². The zero-order valence-corrected chi connectivity index (χ0v) is 13.9. The van der Waals surface area contributed by atoms with Gasteiger partial charge < -0.3 is 10.0 Å². The van der Waals surface area contributed by atoms with Crippen LogP contribution in [0.4, 0.5) is 5.82 Å². The van der Waals surface area contributed by atoms with Crippen molar-refractivity contribution < 1.29 is 14.9 Å². The van der Waals surface area contributed by atoms with E-state index in [1.807, 2.05) is 53.6 Å². The van der Waals surface area contributed by atoms with E-state index >= 15 is 0 Å². The zero-order valence-electron chi connectivity index (χ0n) is 13.9. The summed E-state index contributed by atoms with van der Waals surface area (Å²) in [5, 5.41) is 12.2. The van der Waals surface area contributed by atoms with Crippen molar-refractivity contribution in [3.63, 3.8) is 0 Å². The Kier molecular flexibility index (Phi) is 3.98. The number of aromatic nitrogens is 1. The second-order valence-corrected chi connectivity index (χ2v) is 6.24. The third-order valence-corrected chi connectivity index (χ3v) is 4.69. The van der Waals surface area contributed by atoms with Gasteiger partial charge in [0, 0.05) is 6.07 Å². The number of benzene rings is 2. The number of anilines is 1. The molecule has 1 aliphatic heterocycles. The van der Waals surface area contributed by atoms with Gasteiger partial charge in [-0.25, -0.2) is 4.98 Å². The average molecular weight is 334 g/mol. The molecule has 2 N–H and O–H groups in total. The van der Waals surface area contributed by atoms with Crippen molar-refractivity contribution in [1.82, 2.24) is 4.90 Å². The third-order valence-electron chi connectivity index (χ3n) is 4.69. The van der Waals surface area contributed by atoms with Crippen LogP contribution in [0.3, 0.4) is 0 Å². The van der Waals surface area contributed by atoms with E-state index in [1.165, 1.54) is 0 Å². The molecule has 0 spiro atoms. The summed E-state index contributed by atoms with van der Waals surface area (Å²) < 4.78 is 0. The Balaban J connectivity index is 1.52. The van der Waals surface area contributed by atoms with Crippen molar-refractivity contribution >= 4 is 22.5 Å². The molecule has 1 fully saturated rings. The molecule has 2 heterocycles. The third kappa shape index (κ3) is 3.01. The Morgan fingerprint density at radius 1 is 0.920 bits per heavy atom. The van der Waals surface area contributed by atoms with Crippen LogP contribution in [0.5, 0.6) is 5.75 Å². The molecule has 4 rings (SSSR count). The SMILES string of the molecule is O=C(c1cc2ccccc2cc1O)N1CCN(c2cccc[nH+]2)CC1. The highest BCUT2D eigenvalue weighted by Gasteiger charge is 2.28. The van der Waals surface area contributed by atoms with E-state index in [0.717, 1.165) is 29.7 Å². The number of carbonyl (C=O) groups is 1. The minimum atomic E-state index is -0.111. The highest BCUT2D eigenvalue weighted by atomic mass is 16.3. The van der Waals surface area contributed by atoms with Crippen LogP contribution < -0.4 is 9.88 Å². The molecule has 2 aromatic carbocycles. The van der Waals surface area contributed by atoms with E-state index in [1.54, 1.807) is 12.1 Å². The number of carbonyl (C=O) groups excluding carboxylic acids is 1. The lowest BCUT2D eigenvalue weighted by Crippen LogP contribution is -2.50. The standard InChI is InChI=1S/C20H19N3O2/c24-18-14-16-6-2-1-5-15(16)13-17(18)20(25)23-11-9-22(10-12-23)19-7-3-4-8-21-19/h1-8,13-14,24H,9-12H2/p+1. The first-order chi connectivity index (χ1) is 12.2. The van der Waals surface area contributed by atoms with Gasteiger partial charge in [0.2, 0.25) is 0 Å². The summed E-state index contributed by atoms with van der Waals surface area (Å²) in [6.45, 7) is 2.79. The largest absolute Gasteiger partial charge is 0.507 e. The number of hydrogen-bond acceptors (Lipinski definition) is 3. The number of rotatable bonds is 2. The molecule has 5 nitrogen and oxygen atoms in total. The van der Waals surface area contributed by atoms with Crippen LogP contribution in [0, 0.1) is 0 Å². The van der Waals surface area contributed by atoms with Crippen molar-refractivity contribution in [2.24, 2.45) is 0 Å². The second-order valence-electron chi connectivity index (χ2n) is 6.24. The van der Waals surface area contributed by atoms with Gasteiger partial charge in [-0.05, 0) is 29.0 Å².